The van der Waals surface area contributed by atoms with Gasteiger partial charge in [-0.1, -0.05) is 11.6 Å². The van der Waals surface area contributed by atoms with Crippen LogP contribution in [-0.4, -0.2) is 29.2 Å². The maximum Gasteiger partial charge on any atom is 0.152 e. The maximum absolute atomic E-state index is 5.85. The van der Waals surface area contributed by atoms with E-state index in [0.717, 1.165) is 6.54 Å². The Morgan fingerprint density at radius 2 is 2.33 bits per heavy atom. The molecule has 0 unspecified atom stereocenters. The Labute approximate surface area is 94.0 Å². The molecule has 0 saturated carbocycles. The van der Waals surface area contributed by atoms with Crippen molar-refractivity contribution in [2.45, 2.75) is 25.5 Å². The van der Waals surface area contributed by atoms with E-state index in [1.165, 1.54) is 12.8 Å². The molecule has 15 heavy (non-hydrogen) atoms. The summed E-state index contributed by atoms with van der Waals surface area (Å²) in [4.78, 5) is 8.04. The van der Waals surface area contributed by atoms with Crippen molar-refractivity contribution >= 4 is 11.6 Å². The predicted molar refractivity (Wildman–Crippen MR) is 57.7 cm³/mol. The van der Waals surface area contributed by atoms with E-state index in [9.17, 15) is 0 Å². The number of nitrogens with zero attached hydrogens (tertiary/aromatic N) is 2. The van der Waals surface area contributed by atoms with Crippen LogP contribution in [0.2, 0.25) is 5.15 Å². The predicted octanol–water partition coefficient (Wildman–Crippen LogP) is 1.40. The lowest BCUT2D eigenvalue weighted by atomic mass is 10.2. The summed E-state index contributed by atoms with van der Waals surface area (Å²) in [5.74, 6) is 0. The number of ether oxygens (including phenoxy) is 1. The third-order valence-corrected chi connectivity index (χ3v) is 2.76. The first-order valence-corrected chi connectivity index (χ1v) is 5.50. The fourth-order valence-electron chi connectivity index (χ4n) is 1.64. The molecule has 1 atom stereocenters. The summed E-state index contributed by atoms with van der Waals surface area (Å²) in [5, 5.41) is 3.79. The first-order chi connectivity index (χ1) is 7.36. The van der Waals surface area contributed by atoms with Crippen molar-refractivity contribution < 1.29 is 4.74 Å². The second-order valence-electron chi connectivity index (χ2n) is 3.60. The van der Waals surface area contributed by atoms with E-state index in [0.29, 0.717) is 30.1 Å². The largest absolute Gasteiger partial charge is 0.373 e. The highest BCUT2D eigenvalue weighted by Crippen LogP contribution is 2.11. The van der Waals surface area contributed by atoms with Gasteiger partial charge in [-0.25, -0.2) is 4.98 Å². The van der Waals surface area contributed by atoms with Gasteiger partial charge in [0.15, 0.2) is 5.15 Å². The lowest BCUT2D eigenvalue weighted by Crippen LogP contribution is -2.26. The number of halogens is 1. The molecule has 2 rings (SSSR count). The zero-order valence-electron chi connectivity index (χ0n) is 8.45. The van der Waals surface area contributed by atoms with Gasteiger partial charge in [-0.05, 0) is 19.4 Å². The van der Waals surface area contributed by atoms with Gasteiger partial charge in [0, 0.05) is 18.4 Å². The van der Waals surface area contributed by atoms with Crippen molar-refractivity contribution in [1.29, 1.82) is 0 Å². The van der Waals surface area contributed by atoms with E-state index in [1.807, 2.05) is 0 Å². The Hall–Kier alpha value is -0.710. The highest BCUT2D eigenvalue weighted by atomic mass is 35.5. The normalized spacial score (nSPS) is 20.7. The topological polar surface area (TPSA) is 47.0 Å². The summed E-state index contributed by atoms with van der Waals surface area (Å²) in [5.41, 5.74) is 0.706. The Balaban J connectivity index is 1.75. The van der Waals surface area contributed by atoms with Crippen molar-refractivity contribution in [2.75, 3.05) is 13.2 Å². The zero-order chi connectivity index (χ0) is 10.5. The summed E-state index contributed by atoms with van der Waals surface area (Å²) >= 11 is 5.85. The van der Waals surface area contributed by atoms with Crippen LogP contribution in [0.15, 0.2) is 12.4 Å². The second kappa shape index (κ2) is 5.39. The minimum atomic E-state index is 0.428. The summed E-state index contributed by atoms with van der Waals surface area (Å²) in [6.07, 6.45) is 5.62. The summed E-state index contributed by atoms with van der Waals surface area (Å²) in [6, 6.07) is 0.487. The molecule has 1 aliphatic heterocycles. The number of hydrogen-bond acceptors (Lipinski definition) is 4. The van der Waals surface area contributed by atoms with Crippen LogP contribution in [-0.2, 0) is 11.3 Å². The molecule has 1 aromatic heterocycles. The fraction of sp³-hybridized carbons (Fsp3) is 0.600. The van der Waals surface area contributed by atoms with Crippen LogP contribution in [0, 0.1) is 0 Å². The van der Waals surface area contributed by atoms with E-state index in [4.69, 9.17) is 16.3 Å². The van der Waals surface area contributed by atoms with Crippen molar-refractivity contribution in [2.24, 2.45) is 0 Å². The summed E-state index contributed by atoms with van der Waals surface area (Å²) in [6.45, 7) is 2.25. The Bertz CT molecular complexity index is 315. The van der Waals surface area contributed by atoms with E-state index in [2.05, 4.69) is 15.3 Å². The van der Waals surface area contributed by atoms with Crippen LogP contribution in [0.25, 0.3) is 0 Å². The van der Waals surface area contributed by atoms with Gasteiger partial charge < -0.3 is 10.1 Å². The van der Waals surface area contributed by atoms with Gasteiger partial charge in [0.25, 0.3) is 0 Å². The van der Waals surface area contributed by atoms with Gasteiger partial charge in [-0.3, -0.25) is 4.98 Å². The van der Waals surface area contributed by atoms with Gasteiger partial charge in [-0.2, -0.15) is 0 Å². The van der Waals surface area contributed by atoms with Crippen molar-refractivity contribution in [1.82, 2.24) is 15.3 Å². The monoisotopic (exact) mass is 227 g/mol. The molecule has 4 nitrogen and oxygen atoms in total. The van der Waals surface area contributed by atoms with E-state index >= 15 is 0 Å². The standard InChI is InChI=1S/C10H14ClN3O/c11-10-9(13-4-5-14-10)7-15-6-8-2-1-3-12-8/h4-5,8,12H,1-3,6-7H2/t8-/m1/s1. The van der Waals surface area contributed by atoms with Gasteiger partial charge >= 0.3 is 0 Å². The minimum Gasteiger partial charge on any atom is -0.373 e. The van der Waals surface area contributed by atoms with Crippen LogP contribution >= 0.6 is 11.6 Å². The molecule has 0 radical (unpaired) electrons. The number of aromatic nitrogens is 2. The summed E-state index contributed by atoms with van der Waals surface area (Å²) in [7, 11) is 0. The first-order valence-electron chi connectivity index (χ1n) is 5.13. The molecule has 0 aliphatic carbocycles. The average molecular weight is 228 g/mol. The van der Waals surface area contributed by atoms with Gasteiger partial charge in [0.1, 0.15) is 5.69 Å². The molecule has 1 saturated heterocycles. The molecule has 0 amide bonds. The molecule has 1 aromatic rings. The first kappa shape index (κ1) is 10.8. The van der Waals surface area contributed by atoms with Crippen molar-refractivity contribution in [3.05, 3.63) is 23.2 Å². The third kappa shape index (κ3) is 3.12. The Kier molecular flexibility index (Phi) is 3.88. The molecular weight excluding hydrogens is 214 g/mol. The lowest BCUT2D eigenvalue weighted by Gasteiger charge is -2.10. The highest BCUT2D eigenvalue weighted by Gasteiger charge is 2.14. The van der Waals surface area contributed by atoms with Crippen LogP contribution in [0.1, 0.15) is 18.5 Å². The fourth-order valence-corrected chi connectivity index (χ4v) is 1.80. The van der Waals surface area contributed by atoms with Crippen LogP contribution < -0.4 is 5.32 Å². The van der Waals surface area contributed by atoms with Crippen LogP contribution in [0.4, 0.5) is 0 Å². The second-order valence-corrected chi connectivity index (χ2v) is 3.96. The summed E-state index contributed by atoms with van der Waals surface area (Å²) < 4.78 is 5.54. The number of hydrogen-bond donors (Lipinski definition) is 1. The van der Waals surface area contributed by atoms with Gasteiger partial charge in [0.2, 0.25) is 0 Å². The SMILES string of the molecule is Clc1nccnc1COC[C@H]1CCCN1. The van der Waals surface area contributed by atoms with Crippen molar-refractivity contribution in [3.63, 3.8) is 0 Å². The van der Waals surface area contributed by atoms with Crippen LogP contribution in [0.5, 0.6) is 0 Å². The van der Waals surface area contributed by atoms with Crippen LogP contribution in [0.3, 0.4) is 0 Å². The molecule has 82 valence electrons. The maximum atomic E-state index is 5.85. The molecule has 1 N–H and O–H groups in total. The molecule has 1 fully saturated rings. The highest BCUT2D eigenvalue weighted by molar-refractivity contribution is 6.29. The van der Waals surface area contributed by atoms with E-state index in [1.54, 1.807) is 12.4 Å². The quantitative estimate of drug-likeness (QED) is 0.845. The minimum absolute atomic E-state index is 0.428. The molecule has 0 bridgehead atoms. The van der Waals surface area contributed by atoms with Crippen molar-refractivity contribution in [3.8, 4) is 0 Å². The third-order valence-electron chi connectivity index (χ3n) is 2.44. The molecule has 1 aliphatic rings. The van der Waals surface area contributed by atoms with E-state index in [-0.39, 0.29) is 0 Å². The smallest absolute Gasteiger partial charge is 0.152 e. The number of nitrogens with one attached hydrogen (secondary N) is 1. The molecule has 0 spiro atoms. The van der Waals surface area contributed by atoms with Gasteiger partial charge in [-0.15, -0.1) is 0 Å². The molecule has 2 heterocycles. The Morgan fingerprint density at radius 1 is 1.47 bits per heavy atom. The Morgan fingerprint density at radius 3 is 3.07 bits per heavy atom. The average Bonchev–Trinajstić information content (AvgIpc) is 2.74. The van der Waals surface area contributed by atoms with E-state index < -0.39 is 0 Å². The zero-order valence-corrected chi connectivity index (χ0v) is 9.20. The number of rotatable bonds is 4. The molecular formula is C10H14ClN3O. The molecule has 0 aromatic carbocycles. The molecule has 5 heteroatoms. The lowest BCUT2D eigenvalue weighted by molar-refractivity contribution is 0.101. The van der Waals surface area contributed by atoms with Gasteiger partial charge in [0.05, 0.1) is 13.2 Å².